The van der Waals surface area contributed by atoms with Crippen LogP contribution in [0.4, 0.5) is 0 Å². The molecule has 1 fully saturated rings. The number of aliphatic imine (C=N–C) groups is 1. The minimum absolute atomic E-state index is 0.0187. The fourth-order valence-corrected chi connectivity index (χ4v) is 2.85. The number of hydrogen-bond acceptors (Lipinski definition) is 3. The lowest BCUT2D eigenvalue weighted by molar-refractivity contribution is 0.328. The molecule has 0 bridgehead atoms. The van der Waals surface area contributed by atoms with E-state index in [1.165, 1.54) is 6.42 Å². The summed E-state index contributed by atoms with van der Waals surface area (Å²) in [5.74, 6) is 0.270. The topological polar surface area (TPSA) is 63.2 Å². The molecule has 4 heteroatoms. The van der Waals surface area contributed by atoms with Gasteiger partial charge in [0, 0.05) is 19.0 Å². The molecule has 0 amide bonds. The van der Waals surface area contributed by atoms with E-state index < -0.39 is 0 Å². The monoisotopic (exact) mass is 280 g/mol. The highest BCUT2D eigenvalue weighted by molar-refractivity contribution is 5.88. The molecule has 2 atom stereocenters. The van der Waals surface area contributed by atoms with Crippen LogP contribution in [0.5, 0.6) is 0 Å². The van der Waals surface area contributed by atoms with Gasteiger partial charge in [0.15, 0.2) is 0 Å². The van der Waals surface area contributed by atoms with Gasteiger partial charge in [-0.1, -0.05) is 37.3 Å². The number of nitriles is 2. The summed E-state index contributed by atoms with van der Waals surface area (Å²) < 4.78 is 0. The van der Waals surface area contributed by atoms with Gasteiger partial charge in [-0.3, -0.25) is 0 Å². The second-order valence-corrected chi connectivity index (χ2v) is 5.42. The number of rotatable bonds is 3. The van der Waals surface area contributed by atoms with E-state index in [0.717, 1.165) is 31.5 Å². The highest BCUT2D eigenvalue weighted by Crippen LogP contribution is 2.27. The lowest BCUT2D eigenvalue weighted by atomic mass is 9.86. The maximum Gasteiger partial charge on any atom is 0.207 e. The van der Waals surface area contributed by atoms with Crippen LogP contribution in [0.1, 0.15) is 37.7 Å². The number of amidine groups is 1. The Labute approximate surface area is 126 Å². The van der Waals surface area contributed by atoms with E-state index in [1.54, 1.807) is 0 Å². The van der Waals surface area contributed by atoms with Crippen molar-refractivity contribution < 1.29 is 0 Å². The minimum Gasteiger partial charge on any atom is -0.358 e. The van der Waals surface area contributed by atoms with Crippen LogP contribution in [0, 0.1) is 28.7 Å². The van der Waals surface area contributed by atoms with Gasteiger partial charge >= 0.3 is 0 Å². The number of benzene rings is 1. The molecule has 108 valence electrons. The molecule has 0 aromatic heterocycles. The molecule has 0 spiro atoms. The van der Waals surface area contributed by atoms with Crippen LogP contribution >= 0.6 is 0 Å². The molecule has 21 heavy (non-hydrogen) atoms. The summed E-state index contributed by atoms with van der Waals surface area (Å²) in [7, 11) is 0. The largest absolute Gasteiger partial charge is 0.358 e. The first-order valence-corrected chi connectivity index (χ1v) is 7.44. The molecule has 2 unspecified atom stereocenters. The number of likely N-dealkylation sites (tertiary alicyclic amines) is 1. The van der Waals surface area contributed by atoms with Gasteiger partial charge in [0.05, 0.1) is 6.07 Å². The van der Waals surface area contributed by atoms with E-state index in [9.17, 15) is 5.26 Å². The molecular weight excluding hydrogens is 260 g/mol. The molecule has 1 aliphatic heterocycles. The molecule has 1 saturated heterocycles. The second kappa shape index (κ2) is 7.45. The molecule has 2 rings (SSSR count). The lowest BCUT2D eigenvalue weighted by Gasteiger charge is -2.33. The zero-order chi connectivity index (χ0) is 15.1. The zero-order valence-electron chi connectivity index (χ0n) is 12.4. The van der Waals surface area contributed by atoms with Crippen molar-refractivity contribution >= 4 is 5.84 Å². The van der Waals surface area contributed by atoms with Crippen molar-refractivity contribution in [3.8, 4) is 12.3 Å². The quantitative estimate of drug-likeness (QED) is 0.485. The van der Waals surface area contributed by atoms with Crippen LogP contribution in [0.2, 0.25) is 0 Å². The summed E-state index contributed by atoms with van der Waals surface area (Å²) in [5.41, 5.74) is 1.10. The van der Waals surface area contributed by atoms with Gasteiger partial charge in [0.2, 0.25) is 6.19 Å². The number of piperidine rings is 1. The van der Waals surface area contributed by atoms with Gasteiger partial charge in [0.1, 0.15) is 11.8 Å². The first-order chi connectivity index (χ1) is 10.3. The summed E-state index contributed by atoms with van der Waals surface area (Å²) in [5, 5.41) is 18.6. The van der Waals surface area contributed by atoms with Crippen molar-refractivity contribution in [2.45, 2.75) is 32.1 Å². The third kappa shape index (κ3) is 3.61. The molecule has 1 heterocycles. The molecule has 0 saturated carbocycles. The first kappa shape index (κ1) is 15.1. The Hall–Kier alpha value is -2.33. The van der Waals surface area contributed by atoms with E-state index in [2.05, 4.69) is 16.0 Å². The normalized spacial score (nSPS) is 18.4. The summed E-state index contributed by atoms with van der Waals surface area (Å²) in [6.45, 7) is 3.81. The maximum atomic E-state index is 9.62. The van der Waals surface area contributed by atoms with Gasteiger partial charge < -0.3 is 4.90 Å². The highest BCUT2D eigenvalue weighted by atomic mass is 15.2. The third-order valence-electron chi connectivity index (χ3n) is 4.09. The summed E-state index contributed by atoms with van der Waals surface area (Å²) in [6, 6.07) is 12.3. The van der Waals surface area contributed by atoms with E-state index >= 15 is 0 Å². The molecule has 4 nitrogen and oxygen atoms in total. The van der Waals surface area contributed by atoms with Crippen molar-refractivity contribution in [1.82, 2.24) is 4.90 Å². The first-order valence-electron chi connectivity index (χ1n) is 7.44. The van der Waals surface area contributed by atoms with Gasteiger partial charge in [-0.15, -0.1) is 0 Å². The van der Waals surface area contributed by atoms with Crippen molar-refractivity contribution in [3.63, 3.8) is 0 Å². The van der Waals surface area contributed by atoms with Gasteiger partial charge in [-0.2, -0.15) is 15.5 Å². The molecule has 0 radical (unpaired) electrons. The van der Waals surface area contributed by atoms with Gasteiger partial charge in [-0.25, -0.2) is 0 Å². The SMILES string of the molecule is CC(c1ccccc1)C(C#N)/C(=N/C#N)N1CCCCC1. The Balaban J connectivity index is 2.26. The number of nitrogens with zero attached hydrogens (tertiary/aromatic N) is 4. The van der Waals surface area contributed by atoms with Crippen LogP contribution in [-0.2, 0) is 0 Å². The zero-order valence-corrected chi connectivity index (χ0v) is 12.4. The fraction of sp³-hybridized carbons (Fsp3) is 0.471. The summed E-state index contributed by atoms with van der Waals surface area (Å²) >= 11 is 0. The van der Waals surface area contributed by atoms with E-state index in [1.807, 2.05) is 43.4 Å². The van der Waals surface area contributed by atoms with Gasteiger partial charge in [-0.05, 0) is 24.8 Å². The number of hydrogen-bond donors (Lipinski definition) is 0. The van der Waals surface area contributed by atoms with Crippen molar-refractivity contribution in [3.05, 3.63) is 35.9 Å². The Bertz CT molecular complexity index is 559. The average molecular weight is 280 g/mol. The predicted octanol–water partition coefficient (Wildman–Crippen LogP) is 3.30. The molecule has 0 N–H and O–H groups in total. The standard InChI is InChI=1S/C17H20N4/c1-14(15-8-4-2-5-9-15)16(12-18)17(20-13-19)21-10-6-3-7-11-21/h2,4-5,8-9,14,16H,3,6-7,10-11H2,1H3/b20-17-. The van der Waals surface area contributed by atoms with Gasteiger partial charge in [0.25, 0.3) is 0 Å². The molecule has 1 aromatic rings. The van der Waals surface area contributed by atoms with Crippen LogP contribution in [0.15, 0.2) is 35.3 Å². The van der Waals surface area contributed by atoms with Crippen LogP contribution in [-0.4, -0.2) is 23.8 Å². The average Bonchev–Trinajstić information content (AvgIpc) is 2.56. The van der Waals surface area contributed by atoms with E-state index in [4.69, 9.17) is 5.26 Å². The van der Waals surface area contributed by atoms with E-state index in [0.29, 0.717) is 5.84 Å². The summed E-state index contributed by atoms with van der Waals surface area (Å²) in [4.78, 5) is 6.10. The van der Waals surface area contributed by atoms with Crippen LogP contribution < -0.4 is 0 Å². The predicted molar refractivity (Wildman–Crippen MR) is 82.4 cm³/mol. The Morgan fingerprint density at radius 1 is 1.14 bits per heavy atom. The van der Waals surface area contributed by atoms with Crippen molar-refractivity contribution in [2.75, 3.05) is 13.1 Å². The molecular formula is C17H20N4. The Morgan fingerprint density at radius 3 is 2.38 bits per heavy atom. The van der Waals surface area contributed by atoms with E-state index in [-0.39, 0.29) is 11.8 Å². The third-order valence-corrected chi connectivity index (χ3v) is 4.09. The smallest absolute Gasteiger partial charge is 0.207 e. The lowest BCUT2D eigenvalue weighted by Crippen LogP contribution is -2.41. The fourth-order valence-electron chi connectivity index (χ4n) is 2.85. The second-order valence-electron chi connectivity index (χ2n) is 5.42. The van der Waals surface area contributed by atoms with Crippen molar-refractivity contribution in [1.29, 1.82) is 10.5 Å². The molecule has 0 aliphatic carbocycles. The van der Waals surface area contributed by atoms with Crippen LogP contribution in [0.25, 0.3) is 0 Å². The van der Waals surface area contributed by atoms with Crippen molar-refractivity contribution in [2.24, 2.45) is 10.9 Å². The minimum atomic E-state index is -0.384. The summed E-state index contributed by atoms with van der Waals surface area (Å²) in [6.07, 6.45) is 5.29. The maximum absolute atomic E-state index is 9.62. The Kier molecular flexibility index (Phi) is 5.35. The molecule has 1 aromatic carbocycles. The highest BCUT2D eigenvalue weighted by Gasteiger charge is 2.29. The Morgan fingerprint density at radius 2 is 1.81 bits per heavy atom. The molecule has 1 aliphatic rings. The van der Waals surface area contributed by atoms with Crippen LogP contribution in [0.3, 0.4) is 0 Å².